The molecule has 16 heteroatoms. The van der Waals surface area contributed by atoms with Gasteiger partial charge in [-0.3, -0.25) is 29.8 Å². The summed E-state index contributed by atoms with van der Waals surface area (Å²) in [4.78, 5) is 70.1. The number of nitrogens with one attached hydrogen (secondary N) is 3. The Balaban J connectivity index is 1.42. The molecule has 1 saturated heterocycles. The van der Waals surface area contributed by atoms with Crippen LogP contribution in [0, 0.1) is 0 Å². The first kappa shape index (κ1) is 30.3. The van der Waals surface area contributed by atoms with E-state index >= 15 is 0 Å². The van der Waals surface area contributed by atoms with Crippen molar-refractivity contribution in [2.75, 3.05) is 17.2 Å². The molecule has 224 valence electrons. The number of carboxylic acid groups (broad SMARTS) is 2. The number of imide groups is 1. The second-order valence-electron chi connectivity index (χ2n) is 10.0. The van der Waals surface area contributed by atoms with Gasteiger partial charge in [-0.05, 0) is 43.5 Å². The maximum atomic E-state index is 13.0. The molecule has 9 N–H and O–H groups in total. The highest BCUT2D eigenvalue weighted by Crippen LogP contribution is 2.27. The molecule has 4 atom stereocenters. The van der Waals surface area contributed by atoms with Crippen LogP contribution in [0.3, 0.4) is 0 Å². The SMILES string of the molecule is CC(=O)N(C(=O)c1ccc(NCc2cnc3c(n2)C(=O)NC(N)(C2CCCCO2)N3)cc1)C(CC(N)C(=O)O)C(=O)O. The number of aliphatic carboxylic acids is 2. The van der Waals surface area contributed by atoms with Gasteiger partial charge in [-0.25, -0.2) is 14.8 Å². The molecule has 0 saturated carbocycles. The first-order valence-electron chi connectivity index (χ1n) is 13.2. The minimum atomic E-state index is -1.77. The molecular formula is C26H32N8O8. The van der Waals surface area contributed by atoms with Crippen LogP contribution in [0.25, 0.3) is 0 Å². The van der Waals surface area contributed by atoms with Crippen molar-refractivity contribution in [3.05, 3.63) is 47.4 Å². The molecule has 3 heterocycles. The number of hydrogen-bond acceptors (Lipinski definition) is 12. The lowest BCUT2D eigenvalue weighted by Gasteiger charge is -2.42. The number of fused-ring (bicyclic) bond motifs is 1. The smallest absolute Gasteiger partial charge is 0.327 e. The Morgan fingerprint density at radius 1 is 1.17 bits per heavy atom. The van der Waals surface area contributed by atoms with Gasteiger partial charge in [0.25, 0.3) is 11.8 Å². The van der Waals surface area contributed by atoms with Gasteiger partial charge in [-0.1, -0.05) is 0 Å². The van der Waals surface area contributed by atoms with E-state index in [4.69, 9.17) is 21.3 Å². The number of carboxylic acids is 2. The van der Waals surface area contributed by atoms with Crippen LogP contribution in [0.5, 0.6) is 0 Å². The molecular weight excluding hydrogens is 552 g/mol. The fourth-order valence-electron chi connectivity index (χ4n) is 4.72. The molecule has 0 bridgehead atoms. The maximum absolute atomic E-state index is 13.0. The van der Waals surface area contributed by atoms with E-state index in [1.165, 1.54) is 30.5 Å². The van der Waals surface area contributed by atoms with E-state index in [0.29, 0.717) is 29.3 Å². The van der Waals surface area contributed by atoms with Crippen molar-refractivity contribution in [2.45, 2.75) is 63.1 Å². The van der Waals surface area contributed by atoms with E-state index in [0.717, 1.165) is 19.8 Å². The molecule has 2 aliphatic rings. The Bertz CT molecular complexity index is 1380. The van der Waals surface area contributed by atoms with Gasteiger partial charge >= 0.3 is 11.9 Å². The summed E-state index contributed by atoms with van der Waals surface area (Å²) in [6.45, 7) is 1.72. The van der Waals surface area contributed by atoms with E-state index < -0.39 is 60.1 Å². The quantitative estimate of drug-likeness (QED) is 0.189. The molecule has 4 unspecified atom stereocenters. The molecule has 0 spiro atoms. The van der Waals surface area contributed by atoms with Crippen molar-refractivity contribution >= 4 is 41.2 Å². The third-order valence-corrected chi connectivity index (χ3v) is 6.93. The van der Waals surface area contributed by atoms with Crippen LogP contribution in [0.15, 0.2) is 30.5 Å². The molecule has 42 heavy (non-hydrogen) atoms. The first-order chi connectivity index (χ1) is 19.9. The minimum absolute atomic E-state index is 0.00516. The summed E-state index contributed by atoms with van der Waals surface area (Å²) < 4.78 is 5.74. The van der Waals surface area contributed by atoms with E-state index in [2.05, 4.69) is 25.9 Å². The van der Waals surface area contributed by atoms with Gasteiger partial charge in [0.2, 0.25) is 5.91 Å². The number of anilines is 2. The Morgan fingerprint density at radius 2 is 1.88 bits per heavy atom. The van der Waals surface area contributed by atoms with Crippen LogP contribution in [0.1, 0.15) is 59.1 Å². The highest BCUT2D eigenvalue weighted by Gasteiger charge is 2.43. The first-order valence-corrected chi connectivity index (χ1v) is 13.2. The monoisotopic (exact) mass is 584 g/mol. The Morgan fingerprint density at radius 3 is 2.48 bits per heavy atom. The Labute approximate surface area is 239 Å². The minimum Gasteiger partial charge on any atom is -0.480 e. The number of carbonyl (C=O) groups excluding carboxylic acids is 3. The molecule has 1 aromatic heterocycles. The average molecular weight is 585 g/mol. The number of nitrogens with two attached hydrogens (primary N) is 2. The molecule has 3 amide bonds. The fraction of sp³-hybridized carbons (Fsp3) is 0.423. The summed E-state index contributed by atoms with van der Waals surface area (Å²) in [5.41, 5.74) is 12.9. The van der Waals surface area contributed by atoms with Crippen molar-refractivity contribution in [3.63, 3.8) is 0 Å². The topological polar surface area (TPSA) is 252 Å². The summed E-state index contributed by atoms with van der Waals surface area (Å²) in [5, 5.41) is 27.4. The van der Waals surface area contributed by atoms with Gasteiger partial charge in [0.15, 0.2) is 17.3 Å². The number of aromatic nitrogens is 2. The largest absolute Gasteiger partial charge is 0.480 e. The fourth-order valence-corrected chi connectivity index (χ4v) is 4.72. The predicted octanol–water partition coefficient (Wildman–Crippen LogP) is -0.330. The molecule has 0 radical (unpaired) electrons. The molecule has 1 fully saturated rings. The second kappa shape index (κ2) is 12.5. The second-order valence-corrected chi connectivity index (χ2v) is 10.0. The van der Waals surface area contributed by atoms with Gasteiger partial charge in [0, 0.05) is 31.2 Å². The third-order valence-electron chi connectivity index (χ3n) is 6.93. The average Bonchev–Trinajstić information content (AvgIpc) is 2.96. The van der Waals surface area contributed by atoms with E-state index in [1.807, 2.05) is 0 Å². The zero-order valence-electron chi connectivity index (χ0n) is 22.7. The predicted molar refractivity (Wildman–Crippen MR) is 146 cm³/mol. The maximum Gasteiger partial charge on any atom is 0.327 e. The highest BCUT2D eigenvalue weighted by atomic mass is 16.5. The van der Waals surface area contributed by atoms with E-state index in [-0.39, 0.29) is 23.6 Å². The summed E-state index contributed by atoms with van der Waals surface area (Å²) >= 11 is 0. The number of nitrogens with zero attached hydrogens (tertiary/aromatic N) is 3. The van der Waals surface area contributed by atoms with Crippen LogP contribution < -0.4 is 27.4 Å². The van der Waals surface area contributed by atoms with Crippen molar-refractivity contribution in [2.24, 2.45) is 11.5 Å². The number of benzene rings is 1. The number of hydrogen-bond donors (Lipinski definition) is 7. The van der Waals surface area contributed by atoms with Crippen LogP contribution in [-0.2, 0) is 25.7 Å². The van der Waals surface area contributed by atoms with Gasteiger partial charge in [-0.2, -0.15) is 0 Å². The lowest BCUT2D eigenvalue weighted by molar-refractivity contribution is -0.149. The molecule has 4 rings (SSSR count). The van der Waals surface area contributed by atoms with Gasteiger partial charge < -0.3 is 36.6 Å². The molecule has 1 aromatic carbocycles. The lowest BCUT2D eigenvalue weighted by Crippen LogP contribution is -2.71. The van der Waals surface area contributed by atoms with Crippen LogP contribution in [0.4, 0.5) is 11.5 Å². The molecule has 0 aliphatic carbocycles. The van der Waals surface area contributed by atoms with E-state index in [1.54, 1.807) is 0 Å². The van der Waals surface area contributed by atoms with Crippen LogP contribution in [0.2, 0.25) is 0 Å². The number of rotatable bonds is 10. The highest BCUT2D eigenvalue weighted by molar-refractivity contribution is 6.06. The van der Waals surface area contributed by atoms with Crippen LogP contribution in [-0.4, -0.2) is 85.3 Å². The number of ether oxygens (including phenoxy) is 1. The van der Waals surface area contributed by atoms with Crippen molar-refractivity contribution in [1.29, 1.82) is 0 Å². The molecule has 16 nitrogen and oxygen atoms in total. The summed E-state index contributed by atoms with van der Waals surface area (Å²) in [6, 6.07) is 2.44. The van der Waals surface area contributed by atoms with Crippen molar-refractivity contribution in [3.8, 4) is 0 Å². The van der Waals surface area contributed by atoms with Crippen molar-refractivity contribution in [1.82, 2.24) is 20.2 Å². The third kappa shape index (κ3) is 6.62. The molecule has 2 aromatic rings. The lowest BCUT2D eigenvalue weighted by atomic mass is 10.0. The Kier molecular flexibility index (Phi) is 8.99. The van der Waals surface area contributed by atoms with Gasteiger partial charge in [-0.15, -0.1) is 0 Å². The molecule has 2 aliphatic heterocycles. The normalized spacial score (nSPS) is 21.1. The summed E-state index contributed by atoms with van der Waals surface area (Å²) in [7, 11) is 0. The van der Waals surface area contributed by atoms with E-state index in [9.17, 15) is 29.1 Å². The summed E-state index contributed by atoms with van der Waals surface area (Å²) in [6.07, 6.45) is 2.95. The standard InChI is InChI=1S/C26H32N8O8/c1-13(35)34(18(25(40)41)10-17(27)24(38)39)23(37)14-5-7-15(8-6-14)29-11-16-12-30-21-20(31-16)22(36)33-26(28,32-21)19-4-2-3-9-42-19/h5-8,12,17-19,29H,2-4,9-11,27-28H2,1H3,(H,30,32)(H,33,36)(H,38,39)(H,40,41). The van der Waals surface area contributed by atoms with Crippen LogP contribution >= 0.6 is 0 Å². The zero-order chi connectivity index (χ0) is 30.6. The number of carbonyl (C=O) groups is 5. The van der Waals surface area contributed by atoms with Gasteiger partial charge in [0.05, 0.1) is 18.4 Å². The Hall–Kier alpha value is -4.67. The van der Waals surface area contributed by atoms with Gasteiger partial charge in [0.1, 0.15) is 18.2 Å². The zero-order valence-corrected chi connectivity index (χ0v) is 22.7. The summed E-state index contributed by atoms with van der Waals surface area (Å²) in [5.74, 6) is -6.39. The van der Waals surface area contributed by atoms with Crippen molar-refractivity contribution < 1.29 is 38.9 Å². The number of amides is 3.